The maximum Gasteiger partial charge on any atom is 0.264 e. The third kappa shape index (κ3) is 5.15. The lowest BCUT2D eigenvalue weighted by Gasteiger charge is -2.04. The Morgan fingerprint density at radius 3 is 2.54 bits per heavy atom. The van der Waals surface area contributed by atoms with Crippen LogP contribution in [0.25, 0.3) is 12.2 Å². The SMILES string of the molecule is COc1ccc(/C=C/c2nnc(NC(=O)COc3ccccc3)s2)cc1. The molecule has 26 heavy (non-hydrogen) atoms. The quantitative estimate of drug-likeness (QED) is 0.689. The average molecular weight is 367 g/mol. The van der Waals surface area contributed by atoms with Gasteiger partial charge in [0.1, 0.15) is 16.5 Å². The molecule has 3 aromatic rings. The number of nitrogens with zero attached hydrogens (tertiary/aromatic N) is 2. The lowest BCUT2D eigenvalue weighted by molar-refractivity contribution is -0.118. The lowest BCUT2D eigenvalue weighted by atomic mass is 10.2. The van der Waals surface area contributed by atoms with Crippen molar-refractivity contribution in [2.45, 2.75) is 0 Å². The molecule has 0 radical (unpaired) electrons. The van der Waals surface area contributed by atoms with Crippen LogP contribution in [0.4, 0.5) is 5.13 Å². The number of hydrogen-bond acceptors (Lipinski definition) is 6. The van der Waals surface area contributed by atoms with Crippen molar-refractivity contribution in [3.63, 3.8) is 0 Å². The van der Waals surface area contributed by atoms with Gasteiger partial charge in [-0.05, 0) is 35.9 Å². The van der Waals surface area contributed by atoms with E-state index in [0.29, 0.717) is 15.9 Å². The minimum atomic E-state index is -0.282. The number of benzene rings is 2. The number of anilines is 1. The summed E-state index contributed by atoms with van der Waals surface area (Å²) in [6.07, 6.45) is 3.76. The van der Waals surface area contributed by atoms with Crippen LogP contribution >= 0.6 is 11.3 Å². The molecule has 0 atom stereocenters. The first-order valence-electron chi connectivity index (χ1n) is 7.86. The van der Waals surface area contributed by atoms with Crippen molar-refractivity contribution in [3.05, 3.63) is 65.2 Å². The van der Waals surface area contributed by atoms with Gasteiger partial charge in [0.2, 0.25) is 5.13 Å². The summed E-state index contributed by atoms with van der Waals surface area (Å²) in [6, 6.07) is 16.8. The molecule has 132 valence electrons. The molecule has 0 fully saturated rings. The summed E-state index contributed by atoms with van der Waals surface area (Å²) in [7, 11) is 1.63. The van der Waals surface area contributed by atoms with E-state index in [-0.39, 0.29) is 12.5 Å². The van der Waals surface area contributed by atoms with E-state index in [4.69, 9.17) is 9.47 Å². The van der Waals surface area contributed by atoms with Gasteiger partial charge >= 0.3 is 0 Å². The van der Waals surface area contributed by atoms with Gasteiger partial charge in [-0.3, -0.25) is 10.1 Å². The van der Waals surface area contributed by atoms with Crippen LogP contribution in [0, 0.1) is 0 Å². The normalized spacial score (nSPS) is 10.7. The molecule has 0 unspecified atom stereocenters. The van der Waals surface area contributed by atoms with Gasteiger partial charge in [-0.1, -0.05) is 47.7 Å². The summed E-state index contributed by atoms with van der Waals surface area (Å²) >= 11 is 1.29. The highest BCUT2D eigenvalue weighted by Gasteiger charge is 2.07. The van der Waals surface area contributed by atoms with Gasteiger partial charge in [0.05, 0.1) is 7.11 Å². The van der Waals surface area contributed by atoms with Crippen LogP contribution in [0.15, 0.2) is 54.6 Å². The van der Waals surface area contributed by atoms with E-state index < -0.39 is 0 Å². The fourth-order valence-electron chi connectivity index (χ4n) is 2.06. The minimum absolute atomic E-state index is 0.0827. The molecule has 2 aromatic carbocycles. The number of aromatic nitrogens is 2. The number of nitrogens with one attached hydrogen (secondary N) is 1. The molecule has 0 aliphatic heterocycles. The van der Waals surface area contributed by atoms with Gasteiger partial charge in [0, 0.05) is 0 Å². The predicted molar refractivity (Wildman–Crippen MR) is 102 cm³/mol. The van der Waals surface area contributed by atoms with E-state index in [1.165, 1.54) is 11.3 Å². The van der Waals surface area contributed by atoms with Crippen molar-refractivity contribution in [3.8, 4) is 11.5 Å². The molecule has 1 heterocycles. The lowest BCUT2D eigenvalue weighted by Crippen LogP contribution is -2.20. The van der Waals surface area contributed by atoms with Gasteiger partial charge in [-0.25, -0.2) is 0 Å². The van der Waals surface area contributed by atoms with Gasteiger partial charge in [0.15, 0.2) is 6.61 Å². The monoisotopic (exact) mass is 367 g/mol. The molecule has 1 N–H and O–H groups in total. The van der Waals surface area contributed by atoms with Crippen LogP contribution in [0.3, 0.4) is 0 Å². The summed E-state index contributed by atoms with van der Waals surface area (Å²) in [6.45, 7) is -0.0827. The third-order valence-electron chi connectivity index (χ3n) is 3.33. The first kappa shape index (κ1) is 17.6. The smallest absolute Gasteiger partial charge is 0.264 e. The van der Waals surface area contributed by atoms with Crippen LogP contribution in [0.2, 0.25) is 0 Å². The summed E-state index contributed by atoms with van der Waals surface area (Å²) in [4.78, 5) is 11.9. The fraction of sp³-hybridized carbons (Fsp3) is 0.105. The predicted octanol–water partition coefficient (Wildman–Crippen LogP) is 3.73. The van der Waals surface area contributed by atoms with E-state index >= 15 is 0 Å². The number of carbonyl (C=O) groups excluding carboxylic acids is 1. The van der Waals surface area contributed by atoms with Crippen molar-refractivity contribution >= 4 is 34.5 Å². The fourth-order valence-corrected chi connectivity index (χ4v) is 2.72. The van der Waals surface area contributed by atoms with Gasteiger partial charge in [-0.2, -0.15) is 0 Å². The van der Waals surface area contributed by atoms with Crippen molar-refractivity contribution in [1.29, 1.82) is 0 Å². The van der Waals surface area contributed by atoms with E-state index in [1.807, 2.05) is 54.6 Å². The Morgan fingerprint density at radius 1 is 1.04 bits per heavy atom. The average Bonchev–Trinajstić information content (AvgIpc) is 3.13. The van der Waals surface area contributed by atoms with E-state index in [0.717, 1.165) is 11.3 Å². The number of amides is 1. The highest BCUT2D eigenvalue weighted by molar-refractivity contribution is 7.16. The molecule has 1 aromatic heterocycles. The van der Waals surface area contributed by atoms with Crippen LogP contribution in [-0.2, 0) is 4.79 Å². The van der Waals surface area contributed by atoms with Crippen molar-refractivity contribution in [2.24, 2.45) is 0 Å². The second kappa shape index (κ2) is 8.77. The molecule has 7 heteroatoms. The Labute approximate surface area is 155 Å². The topological polar surface area (TPSA) is 73.3 Å². The first-order chi connectivity index (χ1) is 12.7. The molecule has 0 saturated carbocycles. The maximum atomic E-state index is 11.9. The second-order valence-corrected chi connectivity index (χ2v) is 6.21. The molecule has 1 amide bonds. The zero-order chi connectivity index (χ0) is 18.2. The Morgan fingerprint density at radius 2 is 1.81 bits per heavy atom. The number of rotatable bonds is 7. The molecule has 3 rings (SSSR count). The molecular formula is C19H17N3O3S. The molecule has 6 nitrogen and oxygen atoms in total. The summed E-state index contributed by atoms with van der Waals surface area (Å²) in [5.74, 6) is 1.17. The van der Waals surface area contributed by atoms with Crippen LogP contribution < -0.4 is 14.8 Å². The Bertz CT molecular complexity index is 877. The van der Waals surface area contributed by atoms with Gasteiger partial charge < -0.3 is 9.47 Å². The summed E-state index contributed by atoms with van der Waals surface area (Å²) in [5.41, 5.74) is 1.02. The standard InChI is InChI=1S/C19H17N3O3S/c1-24-15-10-7-14(8-11-15)9-12-18-21-22-19(26-18)20-17(23)13-25-16-5-3-2-4-6-16/h2-12H,13H2,1H3,(H,20,22,23)/b12-9+. The molecule has 0 bridgehead atoms. The zero-order valence-corrected chi connectivity index (χ0v) is 14.9. The molecule has 0 aliphatic rings. The van der Waals surface area contributed by atoms with Crippen molar-refractivity contribution < 1.29 is 14.3 Å². The molecular weight excluding hydrogens is 350 g/mol. The first-order valence-corrected chi connectivity index (χ1v) is 8.68. The minimum Gasteiger partial charge on any atom is -0.497 e. The van der Waals surface area contributed by atoms with Crippen LogP contribution in [0.1, 0.15) is 10.6 Å². The third-order valence-corrected chi connectivity index (χ3v) is 4.14. The Balaban J connectivity index is 1.52. The van der Waals surface area contributed by atoms with Crippen molar-refractivity contribution in [2.75, 3.05) is 19.0 Å². The van der Waals surface area contributed by atoms with Crippen LogP contribution in [-0.4, -0.2) is 29.8 Å². The van der Waals surface area contributed by atoms with E-state index in [1.54, 1.807) is 19.2 Å². The second-order valence-electron chi connectivity index (χ2n) is 5.20. The van der Waals surface area contributed by atoms with Gasteiger partial charge in [0.25, 0.3) is 5.91 Å². The van der Waals surface area contributed by atoms with Crippen LogP contribution in [0.5, 0.6) is 11.5 Å². The number of hydrogen-bond donors (Lipinski definition) is 1. The van der Waals surface area contributed by atoms with Crippen molar-refractivity contribution in [1.82, 2.24) is 10.2 Å². The maximum absolute atomic E-state index is 11.9. The van der Waals surface area contributed by atoms with E-state index in [2.05, 4.69) is 15.5 Å². The van der Waals surface area contributed by atoms with Gasteiger partial charge in [-0.15, -0.1) is 10.2 Å². The largest absolute Gasteiger partial charge is 0.497 e. The highest BCUT2D eigenvalue weighted by atomic mass is 32.1. The Kier molecular flexibility index (Phi) is 5.95. The summed E-state index contributed by atoms with van der Waals surface area (Å²) in [5, 5.41) is 11.8. The van der Waals surface area contributed by atoms with E-state index in [9.17, 15) is 4.79 Å². The molecule has 0 saturated heterocycles. The number of ether oxygens (including phenoxy) is 2. The Hall–Kier alpha value is -3.19. The highest BCUT2D eigenvalue weighted by Crippen LogP contribution is 2.19. The molecule has 0 aliphatic carbocycles. The number of methoxy groups -OCH3 is 1. The number of carbonyl (C=O) groups is 1. The molecule has 0 spiro atoms. The number of para-hydroxylation sites is 1. The zero-order valence-electron chi connectivity index (χ0n) is 14.1. The summed E-state index contributed by atoms with van der Waals surface area (Å²) < 4.78 is 10.5.